The maximum atomic E-state index is 5.92. The molecule has 0 bridgehead atoms. The molecule has 0 atom stereocenters. The number of nitrogens with zero attached hydrogens (tertiary/aromatic N) is 2. The van der Waals surface area contributed by atoms with Gasteiger partial charge >= 0.3 is 0 Å². The van der Waals surface area contributed by atoms with E-state index in [2.05, 4.69) is 56.8 Å². The Hall–Kier alpha value is -0.760. The van der Waals surface area contributed by atoms with E-state index in [0.29, 0.717) is 5.88 Å². The second-order valence-corrected chi connectivity index (χ2v) is 6.00. The molecule has 0 aliphatic rings. The van der Waals surface area contributed by atoms with E-state index in [9.17, 15) is 0 Å². The molecule has 0 aliphatic carbocycles. The Morgan fingerprint density at radius 2 is 1.94 bits per heavy atom. The molecule has 1 rings (SSSR count). The van der Waals surface area contributed by atoms with Gasteiger partial charge in [0.25, 0.3) is 0 Å². The third-order valence-corrected chi connectivity index (χ3v) is 2.85. The molecule has 0 amide bonds. The molecule has 17 heavy (non-hydrogen) atoms. The summed E-state index contributed by atoms with van der Waals surface area (Å²) in [5.41, 5.74) is 2.52. The molecule has 0 saturated carbocycles. The standard InChI is InChI=1S/C14H23ClN2/c1-6-12-7-11(9-15)8-13(16-12)17(5)10-14(2,3)4/h7-8H,6,9-10H2,1-5H3. The molecule has 0 aliphatic heterocycles. The van der Waals surface area contributed by atoms with Crippen LogP contribution in [0.3, 0.4) is 0 Å². The molecule has 3 heteroatoms. The smallest absolute Gasteiger partial charge is 0.128 e. The van der Waals surface area contributed by atoms with Crippen LogP contribution in [0, 0.1) is 5.41 Å². The summed E-state index contributed by atoms with van der Waals surface area (Å²) in [6.45, 7) is 9.80. The van der Waals surface area contributed by atoms with Gasteiger partial charge in [0, 0.05) is 25.2 Å². The second kappa shape index (κ2) is 5.72. The minimum Gasteiger partial charge on any atom is -0.359 e. The lowest BCUT2D eigenvalue weighted by atomic mass is 9.96. The molecule has 1 aromatic heterocycles. The summed E-state index contributed by atoms with van der Waals surface area (Å²) >= 11 is 5.92. The Morgan fingerprint density at radius 3 is 2.41 bits per heavy atom. The normalized spacial score (nSPS) is 11.6. The number of aryl methyl sites for hydroxylation is 1. The predicted molar refractivity (Wildman–Crippen MR) is 75.9 cm³/mol. The highest BCUT2D eigenvalue weighted by atomic mass is 35.5. The Balaban J connectivity index is 2.96. The molecule has 1 heterocycles. The van der Waals surface area contributed by atoms with Crippen LogP contribution in [-0.2, 0) is 12.3 Å². The van der Waals surface area contributed by atoms with Crippen molar-refractivity contribution in [1.82, 2.24) is 4.98 Å². The summed E-state index contributed by atoms with van der Waals surface area (Å²) < 4.78 is 0. The molecule has 0 unspecified atom stereocenters. The lowest BCUT2D eigenvalue weighted by Gasteiger charge is -2.28. The maximum Gasteiger partial charge on any atom is 0.128 e. The van der Waals surface area contributed by atoms with Gasteiger partial charge in [-0.15, -0.1) is 11.6 Å². The lowest BCUT2D eigenvalue weighted by molar-refractivity contribution is 0.417. The first-order chi connectivity index (χ1) is 7.85. The Bertz CT molecular complexity index is 347. The number of pyridine rings is 1. The van der Waals surface area contributed by atoms with Gasteiger partial charge in [0.15, 0.2) is 0 Å². The molecule has 0 saturated heterocycles. The van der Waals surface area contributed by atoms with Crippen LogP contribution >= 0.6 is 11.6 Å². The topological polar surface area (TPSA) is 16.1 Å². The van der Waals surface area contributed by atoms with Crippen LogP contribution in [0.15, 0.2) is 12.1 Å². The Morgan fingerprint density at radius 1 is 1.29 bits per heavy atom. The summed E-state index contributed by atoms with van der Waals surface area (Å²) in [5.74, 6) is 1.57. The molecule has 0 radical (unpaired) electrons. The van der Waals surface area contributed by atoms with Gasteiger partial charge in [0.2, 0.25) is 0 Å². The van der Waals surface area contributed by atoms with Gasteiger partial charge in [0.05, 0.1) is 0 Å². The third kappa shape index (κ3) is 4.55. The van der Waals surface area contributed by atoms with Gasteiger partial charge in [-0.2, -0.15) is 0 Å². The van der Waals surface area contributed by atoms with E-state index in [1.807, 2.05) is 0 Å². The van der Waals surface area contributed by atoms with E-state index in [1.54, 1.807) is 0 Å². The van der Waals surface area contributed by atoms with Crippen LogP contribution in [0.25, 0.3) is 0 Å². The van der Waals surface area contributed by atoms with Crippen molar-refractivity contribution >= 4 is 17.4 Å². The zero-order valence-corrected chi connectivity index (χ0v) is 12.3. The van der Waals surface area contributed by atoms with Crippen molar-refractivity contribution < 1.29 is 0 Å². The highest BCUT2D eigenvalue weighted by Gasteiger charge is 2.15. The largest absolute Gasteiger partial charge is 0.359 e. The van der Waals surface area contributed by atoms with Crippen LogP contribution < -0.4 is 4.90 Å². The molecule has 0 N–H and O–H groups in total. The van der Waals surface area contributed by atoms with E-state index in [4.69, 9.17) is 11.6 Å². The van der Waals surface area contributed by atoms with Gasteiger partial charge < -0.3 is 4.90 Å². The predicted octanol–water partition coefficient (Wildman–Crippen LogP) is 3.87. The van der Waals surface area contributed by atoms with E-state index < -0.39 is 0 Å². The molecule has 0 spiro atoms. The van der Waals surface area contributed by atoms with E-state index >= 15 is 0 Å². The number of anilines is 1. The van der Waals surface area contributed by atoms with Crippen LogP contribution in [0.5, 0.6) is 0 Å². The number of hydrogen-bond donors (Lipinski definition) is 0. The first-order valence-electron chi connectivity index (χ1n) is 6.12. The monoisotopic (exact) mass is 254 g/mol. The van der Waals surface area contributed by atoms with Crippen molar-refractivity contribution in [2.45, 2.75) is 40.0 Å². The minimum absolute atomic E-state index is 0.264. The number of halogens is 1. The highest BCUT2D eigenvalue weighted by Crippen LogP contribution is 2.21. The van der Waals surface area contributed by atoms with Gasteiger partial charge in [-0.05, 0) is 29.5 Å². The summed E-state index contributed by atoms with van der Waals surface area (Å²) in [6, 6.07) is 4.17. The van der Waals surface area contributed by atoms with Gasteiger partial charge in [-0.3, -0.25) is 0 Å². The third-order valence-electron chi connectivity index (χ3n) is 2.54. The molecule has 1 aromatic rings. The van der Waals surface area contributed by atoms with E-state index in [-0.39, 0.29) is 5.41 Å². The zero-order valence-electron chi connectivity index (χ0n) is 11.5. The van der Waals surface area contributed by atoms with Crippen molar-refractivity contribution in [3.05, 3.63) is 23.4 Å². The highest BCUT2D eigenvalue weighted by molar-refractivity contribution is 6.17. The fourth-order valence-corrected chi connectivity index (χ4v) is 2.03. The van der Waals surface area contributed by atoms with Crippen molar-refractivity contribution in [2.75, 3.05) is 18.5 Å². The number of alkyl halides is 1. The number of rotatable bonds is 4. The number of hydrogen-bond acceptors (Lipinski definition) is 2. The van der Waals surface area contributed by atoms with Crippen molar-refractivity contribution in [3.63, 3.8) is 0 Å². The Labute approximate surface area is 110 Å². The summed E-state index contributed by atoms with van der Waals surface area (Å²) in [7, 11) is 2.09. The fourth-order valence-electron chi connectivity index (χ4n) is 1.88. The SMILES string of the molecule is CCc1cc(CCl)cc(N(C)CC(C)(C)C)n1. The molecule has 96 valence electrons. The van der Waals surface area contributed by atoms with Crippen LogP contribution in [-0.4, -0.2) is 18.6 Å². The van der Waals surface area contributed by atoms with Gasteiger partial charge in [0.1, 0.15) is 5.82 Å². The molecule has 2 nitrogen and oxygen atoms in total. The van der Waals surface area contributed by atoms with Gasteiger partial charge in [-0.25, -0.2) is 4.98 Å². The average molecular weight is 255 g/mol. The van der Waals surface area contributed by atoms with Crippen molar-refractivity contribution in [3.8, 4) is 0 Å². The Kier molecular flexibility index (Phi) is 4.81. The van der Waals surface area contributed by atoms with Gasteiger partial charge in [-0.1, -0.05) is 27.7 Å². The number of aromatic nitrogens is 1. The van der Waals surface area contributed by atoms with Crippen LogP contribution in [0.2, 0.25) is 0 Å². The zero-order chi connectivity index (χ0) is 13.1. The molecular formula is C14H23ClN2. The summed E-state index contributed by atoms with van der Waals surface area (Å²) in [6.07, 6.45) is 0.946. The summed E-state index contributed by atoms with van der Waals surface area (Å²) in [4.78, 5) is 6.85. The van der Waals surface area contributed by atoms with Crippen LogP contribution in [0.1, 0.15) is 39.0 Å². The maximum absolute atomic E-state index is 5.92. The first kappa shape index (κ1) is 14.3. The quantitative estimate of drug-likeness (QED) is 0.759. The fraction of sp³-hybridized carbons (Fsp3) is 0.643. The first-order valence-corrected chi connectivity index (χ1v) is 6.66. The molecular weight excluding hydrogens is 232 g/mol. The van der Waals surface area contributed by atoms with Crippen molar-refractivity contribution in [1.29, 1.82) is 0 Å². The minimum atomic E-state index is 0.264. The van der Waals surface area contributed by atoms with E-state index in [0.717, 1.165) is 30.0 Å². The lowest BCUT2D eigenvalue weighted by Crippen LogP contribution is -2.30. The summed E-state index contributed by atoms with van der Waals surface area (Å²) in [5, 5.41) is 0. The molecule has 0 aromatic carbocycles. The van der Waals surface area contributed by atoms with Crippen molar-refractivity contribution in [2.24, 2.45) is 5.41 Å². The molecule has 0 fully saturated rings. The van der Waals surface area contributed by atoms with E-state index in [1.165, 1.54) is 0 Å². The average Bonchev–Trinajstić information content (AvgIpc) is 2.26. The second-order valence-electron chi connectivity index (χ2n) is 5.73. The van der Waals surface area contributed by atoms with Crippen LogP contribution in [0.4, 0.5) is 5.82 Å².